The number of allylic oxidation sites excluding steroid dienone is 3. The van der Waals surface area contributed by atoms with E-state index in [0.29, 0.717) is 18.6 Å². The summed E-state index contributed by atoms with van der Waals surface area (Å²) in [7, 11) is 0. The molecule has 1 aliphatic rings. The fraction of sp³-hybridized carbons (Fsp3) is 0.375. The molecule has 0 unspecified atom stereocenters. The van der Waals surface area contributed by atoms with Gasteiger partial charge in [0.05, 0.1) is 19.3 Å². The van der Waals surface area contributed by atoms with Crippen LogP contribution in [0, 0.1) is 0 Å². The lowest BCUT2D eigenvalue weighted by Crippen LogP contribution is -2.05. The third-order valence-corrected chi connectivity index (χ3v) is 2.64. The molecule has 0 amide bonds. The van der Waals surface area contributed by atoms with Crippen molar-refractivity contribution in [2.45, 2.75) is 26.2 Å². The monoisotopic (exact) mass is 292 g/mol. The van der Waals surface area contributed by atoms with Crippen LogP contribution in [-0.4, -0.2) is 25.2 Å². The molecule has 0 aromatic heterocycles. The summed E-state index contributed by atoms with van der Waals surface area (Å²) in [5.41, 5.74) is 0.515. The van der Waals surface area contributed by atoms with Crippen molar-refractivity contribution in [3.63, 3.8) is 0 Å². The van der Waals surface area contributed by atoms with E-state index >= 15 is 0 Å². The smallest absolute Gasteiger partial charge is 0.379 e. The molecule has 1 heterocycles. The van der Waals surface area contributed by atoms with Gasteiger partial charge in [-0.1, -0.05) is 12.2 Å². The van der Waals surface area contributed by atoms with Gasteiger partial charge in [-0.2, -0.15) is 0 Å². The van der Waals surface area contributed by atoms with E-state index in [-0.39, 0.29) is 18.1 Å². The molecule has 0 aromatic rings. The topological polar surface area (TPSA) is 61.8 Å². The van der Waals surface area contributed by atoms with Gasteiger partial charge in [-0.3, -0.25) is 0 Å². The number of rotatable bonds is 9. The summed E-state index contributed by atoms with van der Waals surface area (Å²) in [6.07, 6.45) is 6.46. The van der Waals surface area contributed by atoms with E-state index in [9.17, 15) is 9.59 Å². The Morgan fingerprint density at radius 3 is 2.71 bits per heavy atom. The lowest BCUT2D eigenvalue weighted by Gasteiger charge is -2.04. The zero-order valence-electron chi connectivity index (χ0n) is 12.2. The first-order chi connectivity index (χ1) is 10.1. The van der Waals surface area contributed by atoms with Crippen LogP contribution in [0.2, 0.25) is 0 Å². The fourth-order valence-corrected chi connectivity index (χ4v) is 1.74. The Balaban J connectivity index is 2.88. The Morgan fingerprint density at radius 1 is 1.33 bits per heavy atom. The van der Waals surface area contributed by atoms with Crippen molar-refractivity contribution in [1.29, 1.82) is 0 Å². The second-order valence-electron chi connectivity index (χ2n) is 4.23. The van der Waals surface area contributed by atoms with Crippen LogP contribution in [0.5, 0.6) is 0 Å². The van der Waals surface area contributed by atoms with Crippen molar-refractivity contribution in [2.24, 2.45) is 0 Å². The summed E-state index contributed by atoms with van der Waals surface area (Å²) in [6.45, 7) is 9.58. The highest BCUT2D eigenvalue weighted by atomic mass is 16.6. The molecule has 0 aromatic carbocycles. The molecule has 0 fully saturated rings. The van der Waals surface area contributed by atoms with Crippen LogP contribution in [0.15, 0.2) is 48.5 Å². The van der Waals surface area contributed by atoms with E-state index in [1.165, 1.54) is 0 Å². The van der Waals surface area contributed by atoms with Gasteiger partial charge in [0.15, 0.2) is 0 Å². The minimum atomic E-state index is -0.596. The van der Waals surface area contributed by atoms with Gasteiger partial charge < -0.3 is 14.2 Å². The highest BCUT2D eigenvalue weighted by Gasteiger charge is 2.31. The summed E-state index contributed by atoms with van der Waals surface area (Å²) < 4.78 is 15.3. The van der Waals surface area contributed by atoms with Crippen molar-refractivity contribution in [2.75, 3.05) is 13.2 Å². The normalized spacial score (nSPS) is 15.9. The summed E-state index contributed by atoms with van der Waals surface area (Å²) >= 11 is 0. The van der Waals surface area contributed by atoms with Gasteiger partial charge in [0.1, 0.15) is 5.76 Å². The summed E-state index contributed by atoms with van der Waals surface area (Å²) in [5.74, 6) is -0.859. The maximum atomic E-state index is 11.8. The average Bonchev–Trinajstić information content (AvgIpc) is 2.72. The van der Waals surface area contributed by atoms with Gasteiger partial charge in [0.2, 0.25) is 5.76 Å². The first-order valence-corrected chi connectivity index (χ1v) is 6.82. The van der Waals surface area contributed by atoms with E-state index in [2.05, 4.69) is 13.2 Å². The van der Waals surface area contributed by atoms with E-state index in [1.54, 1.807) is 19.1 Å². The Hall–Kier alpha value is -2.30. The first kappa shape index (κ1) is 16.8. The number of hydrogen-bond donors (Lipinski definition) is 0. The maximum Gasteiger partial charge on any atom is 0.379 e. The second-order valence-corrected chi connectivity index (χ2v) is 4.23. The fourth-order valence-electron chi connectivity index (χ4n) is 1.74. The molecule has 114 valence electrons. The molecule has 21 heavy (non-hydrogen) atoms. The lowest BCUT2D eigenvalue weighted by atomic mass is 10.1. The number of carbonyl (C=O) groups is 2. The van der Waals surface area contributed by atoms with E-state index in [0.717, 1.165) is 18.9 Å². The second kappa shape index (κ2) is 8.79. The summed E-state index contributed by atoms with van der Waals surface area (Å²) in [6, 6.07) is 0. The predicted molar refractivity (Wildman–Crippen MR) is 78.0 cm³/mol. The molecule has 0 aliphatic carbocycles. The highest BCUT2D eigenvalue weighted by Crippen LogP contribution is 2.30. The molecule has 0 atom stereocenters. The molecule has 0 radical (unpaired) electrons. The Labute approximate surface area is 124 Å². The number of hydrogen-bond acceptors (Lipinski definition) is 5. The number of esters is 2. The molecule has 1 rings (SSSR count). The molecule has 0 saturated heterocycles. The van der Waals surface area contributed by atoms with Crippen molar-refractivity contribution in [3.8, 4) is 0 Å². The van der Waals surface area contributed by atoms with Gasteiger partial charge in [-0.15, -0.1) is 13.2 Å². The van der Waals surface area contributed by atoms with Crippen LogP contribution in [-0.2, 0) is 23.8 Å². The lowest BCUT2D eigenvalue weighted by molar-refractivity contribution is -0.138. The van der Waals surface area contributed by atoms with E-state index in [4.69, 9.17) is 14.2 Å². The third-order valence-electron chi connectivity index (χ3n) is 2.64. The van der Waals surface area contributed by atoms with Gasteiger partial charge in [0, 0.05) is 5.57 Å². The first-order valence-electron chi connectivity index (χ1n) is 6.82. The zero-order chi connectivity index (χ0) is 15.7. The summed E-state index contributed by atoms with van der Waals surface area (Å²) in [4.78, 5) is 23.3. The number of cyclic esters (lactones) is 1. The molecule has 0 saturated carbocycles. The van der Waals surface area contributed by atoms with Crippen molar-refractivity contribution >= 4 is 11.9 Å². The number of ether oxygens (including phenoxy) is 3. The Bertz CT molecular complexity index is 485. The average molecular weight is 292 g/mol. The van der Waals surface area contributed by atoms with Gasteiger partial charge in [-0.25, -0.2) is 9.59 Å². The Kier molecular flexibility index (Phi) is 7.01. The zero-order valence-corrected chi connectivity index (χ0v) is 12.2. The predicted octanol–water partition coefficient (Wildman–Crippen LogP) is 2.80. The molecule has 1 aliphatic heterocycles. The Morgan fingerprint density at radius 2 is 2.10 bits per heavy atom. The van der Waals surface area contributed by atoms with Gasteiger partial charge in [0.25, 0.3) is 0 Å². The van der Waals surface area contributed by atoms with E-state index in [1.807, 2.05) is 0 Å². The van der Waals surface area contributed by atoms with E-state index < -0.39 is 11.9 Å². The SMILES string of the molecule is C=CCCCOC1=C(CC=C)/C(=C\C(=O)OCC)OC1=O. The number of unbranched alkanes of at least 4 members (excludes halogenated alkanes) is 1. The molecule has 0 N–H and O–H groups in total. The molecule has 5 nitrogen and oxygen atoms in total. The molecular weight excluding hydrogens is 272 g/mol. The van der Waals surface area contributed by atoms with Crippen molar-refractivity contribution < 1.29 is 23.8 Å². The molecular formula is C16H20O5. The molecule has 0 spiro atoms. The highest BCUT2D eigenvalue weighted by molar-refractivity contribution is 5.94. The van der Waals surface area contributed by atoms with Crippen molar-refractivity contribution in [3.05, 3.63) is 48.5 Å². The van der Waals surface area contributed by atoms with Crippen LogP contribution in [0.1, 0.15) is 26.2 Å². The van der Waals surface area contributed by atoms with Crippen molar-refractivity contribution in [1.82, 2.24) is 0 Å². The van der Waals surface area contributed by atoms with Crippen LogP contribution in [0.3, 0.4) is 0 Å². The largest absolute Gasteiger partial charge is 0.486 e. The summed E-state index contributed by atoms with van der Waals surface area (Å²) in [5, 5.41) is 0. The van der Waals surface area contributed by atoms with Gasteiger partial charge in [-0.05, 0) is 26.2 Å². The molecule has 0 bridgehead atoms. The standard InChI is InChI=1S/C16H20O5/c1-4-7-8-10-20-15-12(9-5-2)13(21-16(15)18)11-14(17)19-6-3/h4-5,11H,1-2,6-10H2,3H3/b13-11+. The minimum absolute atomic E-state index is 0.134. The van der Waals surface area contributed by atoms with Crippen LogP contribution in [0.25, 0.3) is 0 Å². The maximum absolute atomic E-state index is 11.8. The number of carbonyl (C=O) groups excluding carboxylic acids is 2. The van der Waals surface area contributed by atoms with Crippen LogP contribution in [0.4, 0.5) is 0 Å². The van der Waals surface area contributed by atoms with Crippen LogP contribution < -0.4 is 0 Å². The molecule has 5 heteroatoms. The third kappa shape index (κ3) is 4.95. The van der Waals surface area contributed by atoms with Gasteiger partial charge >= 0.3 is 11.9 Å². The quantitative estimate of drug-likeness (QED) is 0.283. The minimum Gasteiger partial charge on any atom is -0.486 e. The van der Waals surface area contributed by atoms with Crippen LogP contribution >= 0.6 is 0 Å².